The van der Waals surface area contributed by atoms with E-state index in [1.54, 1.807) is 0 Å². The van der Waals surface area contributed by atoms with Gasteiger partial charge in [0.05, 0.1) is 0 Å². The fourth-order valence-electron chi connectivity index (χ4n) is 6.52. The summed E-state index contributed by atoms with van der Waals surface area (Å²) in [5.41, 5.74) is 0. The molecule has 0 unspecified atom stereocenters. The average Bonchev–Trinajstić information content (AvgIpc) is 2.98. The van der Waals surface area contributed by atoms with Gasteiger partial charge in [0, 0.05) is 0 Å². The minimum absolute atomic E-state index is 1.37. The zero-order valence-electron chi connectivity index (χ0n) is 29.4. The standard InChI is InChI=1S/C41H83/c1-3-5-7-9-11-13-15-17-19-21-23-25-27-29-31-33-35-37-39-41-40-38-36-34-32-30-28-26-24-22-20-18-16-14-12-10-8-6-4-2/h27H,3-26,28-41H2,1-2H3. The number of unbranched alkanes of at least 4 members (excludes halogenated alkanes) is 38. The van der Waals surface area contributed by atoms with Gasteiger partial charge in [-0.1, -0.05) is 258 Å². The molecule has 0 aliphatic rings. The Bertz CT molecular complexity index is 374. The third-order valence-electron chi connectivity index (χ3n) is 9.52. The first kappa shape index (κ1) is 41.0. The molecule has 0 fully saturated rings. The van der Waals surface area contributed by atoms with Gasteiger partial charge in [-0.05, 0) is 6.42 Å². The van der Waals surface area contributed by atoms with E-state index in [1.165, 1.54) is 244 Å². The van der Waals surface area contributed by atoms with E-state index in [9.17, 15) is 0 Å². The Hall–Kier alpha value is 0. The van der Waals surface area contributed by atoms with E-state index in [2.05, 4.69) is 20.3 Å². The van der Waals surface area contributed by atoms with Crippen LogP contribution in [-0.4, -0.2) is 0 Å². The second-order valence-corrected chi connectivity index (χ2v) is 13.9. The molecule has 0 saturated heterocycles. The molecule has 0 bridgehead atoms. The lowest BCUT2D eigenvalue weighted by atomic mass is 10.0. The van der Waals surface area contributed by atoms with E-state index in [-0.39, 0.29) is 0 Å². The van der Waals surface area contributed by atoms with Crippen molar-refractivity contribution in [3.63, 3.8) is 0 Å². The molecular weight excluding hydrogens is 492 g/mol. The molecule has 0 amide bonds. The molecule has 247 valence electrons. The lowest BCUT2D eigenvalue weighted by Crippen LogP contribution is -1.85. The number of hydrogen-bond donors (Lipinski definition) is 0. The van der Waals surface area contributed by atoms with Gasteiger partial charge in [-0.25, -0.2) is 0 Å². The van der Waals surface area contributed by atoms with Crippen molar-refractivity contribution in [1.29, 1.82) is 0 Å². The Kier molecular flexibility index (Phi) is 40.0. The van der Waals surface area contributed by atoms with E-state index in [1.807, 2.05) is 0 Å². The molecule has 0 aromatic heterocycles. The Labute approximate surface area is 263 Å². The van der Waals surface area contributed by atoms with Crippen molar-refractivity contribution in [2.75, 3.05) is 0 Å². The maximum Gasteiger partial charge on any atom is -0.0386 e. The van der Waals surface area contributed by atoms with Crippen LogP contribution < -0.4 is 0 Å². The first-order valence-corrected chi connectivity index (χ1v) is 20.2. The van der Waals surface area contributed by atoms with Gasteiger partial charge in [-0.3, -0.25) is 0 Å². The minimum atomic E-state index is 1.37. The van der Waals surface area contributed by atoms with Crippen molar-refractivity contribution in [1.82, 2.24) is 0 Å². The van der Waals surface area contributed by atoms with Gasteiger partial charge >= 0.3 is 0 Å². The molecule has 0 spiro atoms. The fourth-order valence-corrected chi connectivity index (χ4v) is 6.52. The van der Waals surface area contributed by atoms with Crippen molar-refractivity contribution in [2.24, 2.45) is 0 Å². The van der Waals surface area contributed by atoms with Crippen molar-refractivity contribution in [3.8, 4) is 0 Å². The molecule has 1 radical (unpaired) electrons. The minimum Gasteiger partial charge on any atom is -0.0654 e. The van der Waals surface area contributed by atoms with Crippen LogP contribution in [0.25, 0.3) is 0 Å². The molecule has 0 nitrogen and oxygen atoms in total. The Balaban J connectivity index is 3.02. The van der Waals surface area contributed by atoms with Crippen LogP contribution in [-0.2, 0) is 0 Å². The van der Waals surface area contributed by atoms with Crippen molar-refractivity contribution in [2.45, 2.75) is 258 Å². The Morgan fingerprint density at radius 3 is 0.512 bits per heavy atom. The van der Waals surface area contributed by atoms with E-state index in [4.69, 9.17) is 0 Å². The lowest BCUT2D eigenvalue weighted by Gasteiger charge is -2.05. The zero-order valence-corrected chi connectivity index (χ0v) is 29.4. The number of rotatable bonds is 38. The average molecular weight is 576 g/mol. The molecule has 0 heteroatoms. The van der Waals surface area contributed by atoms with Crippen LogP contribution in [0.2, 0.25) is 0 Å². The molecule has 0 aromatic rings. The predicted octanol–water partition coefficient (Wildman–Crippen LogP) is 16.1. The summed E-state index contributed by atoms with van der Waals surface area (Å²) in [4.78, 5) is 0. The second-order valence-electron chi connectivity index (χ2n) is 13.9. The monoisotopic (exact) mass is 576 g/mol. The summed E-state index contributed by atoms with van der Waals surface area (Å²) in [6.45, 7) is 4.62. The normalized spacial score (nSPS) is 11.6. The van der Waals surface area contributed by atoms with Gasteiger partial charge in [0.1, 0.15) is 0 Å². The summed E-state index contributed by atoms with van der Waals surface area (Å²) < 4.78 is 0. The molecule has 0 heterocycles. The van der Waals surface area contributed by atoms with Crippen LogP contribution in [0.1, 0.15) is 258 Å². The highest BCUT2D eigenvalue weighted by Gasteiger charge is 1.97. The Morgan fingerprint density at radius 1 is 0.195 bits per heavy atom. The SMILES string of the molecule is CCCCCCCCCCCCC[CH]CCCCCCCCCCCCCCCCCCCCCCCCCCC. The van der Waals surface area contributed by atoms with Gasteiger partial charge < -0.3 is 0 Å². The maximum atomic E-state index is 2.59. The third kappa shape index (κ3) is 40.0. The van der Waals surface area contributed by atoms with Crippen LogP contribution in [0.4, 0.5) is 0 Å². The molecule has 0 saturated carbocycles. The molecule has 0 aliphatic carbocycles. The van der Waals surface area contributed by atoms with E-state index in [0.717, 1.165) is 0 Å². The van der Waals surface area contributed by atoms with E-state index in [0.29, 0.717) is 0 Å². The van der Waals surface area contributed by atoms with Crippen molar-refractivity contribution >= 4 is 0 Å². The molecule has 41 heavy (non-hydrogen) atoms. The molecular formula is C41H83. The summed E-state index contributed by atoms with van der Waals surface area (Å²) in [6.07, 6.45) is 58.4. The van der Waals surface area contributed by atoms with Crippen LogP contribution >= 0.6 is 0 Å². The van der Waals surface area contributed by atoms with Gasteiger partial charge in [0.2, 0.25) is 0 Å². The summed E-state index contributed by atoms with van der Waals surface area (Å²) in [6, 6.07) is 0. The summed E-state index contributed by atoms with van der Waals surface area (Å²) in [7, 11) is 0. The fraction of sp³-hybridized carbons (Fsp3) is 0.976. The molecule has 0 aliphatic heterocycles. The first-order chi connectivity index (χ1) is 20.4. The third-order valence-corrected chi connectivity index (χ3v) is 9.52. The smallest absolute Gasteiger partial charge is 0.0386 e. The highest BCUT2D eigenvalue weighted by Crippen LogP contribution is 2.17. The van der Waals surface area contributed by atoms with Crippen molar-refractivity contribution in [3.05, 3.63) is 6.42 Å². The topological polar surface area (TPSA) is 0 Å². The van der Waals surface area contributed by atoms with Gasteiger partial charge in [0.25, 0.3) is 0 Å². The van der Waals surface area contributed by atoms with E-state index >= 15 is 0 Å². The zero-order chi connectivity index (χ0) is 29.6. The van der Waals surface area contributed by atoms with Gasteiger partial charge in [-0.15, -0.1) is 0 Å². The molecule has 0 atom stereocenters. The van der Waals surface area contributed by atoms with Gasteiger partial charge in [-0.2, -0.15) is 0 Å². The quantitative estimate of drug-likeness (QED) is 0.0642. The second kappa shape index (κ2) is 40.0. The molecule has 0 N–H and O–H groups in total. The highest BCUT2D eigenvalue weighted by molar-refractivity contribution is 4.65. The van der Waals surface area contributed by atoms with Crippen LogP contribution in [0.5, 0.6) is 0 Å². The van der Waals surface area contributed by atoms with Crippen LogP contribution in [0, 0.1) is 6.42 Å². The number of hydrogen-bond acceptors (Lipinski definition) is 0. The summed E-state index contributed by atoms with van der Waals surface area (Å²) in [5, 5.41) is 0. The first-order valence-electron chi connectivity index (χ1n) is 20.2. The molecule has 0 aromatic carbocycles. The van der Waals surface area contributed by atoms with Crippen molar-refractivity contribution < 1.29 is 0 Å². The van der Waals surface area contributed by atoms with Crippen LogP contribution in [0.3, 0.4) is 0 Å². The Morgan fingerprint density at radius 2 is 0.341 bits per heavy atom. The molecule has 0 rings (SSSR count). The summed E-state index contributed by atoms with van der Waals surface area (Å²) in [5.74, 6) is 0. The largest absolute Gasteiger partial charge is 0.0654 e. The van der Waals surface area contributed by atoms with Crippen LogP contribution in [0.15, 0.2) is 0 Å². The van der Waals surface area contributed by atoms with Gasteiger partial charge in [0.15, 0.2) is 0 Å². The van der Waals surface area contributed by atoms with E-state index < -0.39 is 0 Å². The predicted molar refractivity (Wildman–Crippen MR) is 191 cm³/mol. The summed E-state index contributed by atoms with van der Waals surface area (Å²) >= 11 is 0. The maximum absolute atomic E-state index is 2.59. The lowest BCUT2D eigenvalue weighted by molar-refractivity contribution is 0.515. The highest BCUT2D eigenvalue weighted by atomic mass is 14.0.